The number of aliphatic hydroxyl groups excluding tert-OH is 1. The molecule has 0 saturated heterocycles. The Morgan fingerprint density at radius 1 is 1.29 bits per heavy atom. The molecule has 0 aliphatic carbocycles. The molecule has 10 nitrogen and oxygen atoms in total. The Bertz CT molecular complexity index is 684. The van der Waals surface area contributed by atoms with Crippen LogP contribution in [-0.2, 0) is 9.59 Å². The molecule has 0 saturated carbocycles. The maximum atomic E-state index is 12.0. The van der Waals surface area contributed by atoms with Gasteiger partial charge in [0.2, 0.25) is 0 Å². The second-order valence-corrected chi connectivity index (χ2v) is 5.66. The molecule has 1 heterocycles. The van der Waals surface area contributed by atoms with Gasteiger partial charge in [-0.2, -0.15) is 13.2 Å². The number of rotatable bonds is 8. The van der Waals surface area contributed by atoms with E-state index in [2.05, 4.69) is 20.3 Å². The van der Waals surface area contributed by atoms with E-state index in [-0.39, 0.29) is 18.4 Å². The summed E-state index contributed by atoms with van der Waals surface area (Å²) in [5, 5.41) is 27.2. The molecular weight excluding hydrogens is 407 g/mol. The Balaban J connectivity index is 0.000000769. The average Bonchev–Trinajstić information content (AvgIpc) is 2.59. The van der Waals surface area contributed by atoms with E-state index >= 15 is 0 Å². The predicted molar refractivity (Wildman–Crippen MR) is 95.0 cm³/mol. The molecule has 0 aromatic carbocycles. The first kappa shape index (κ1) is 25.1. The van der Waals surface area contributed by atoms with Crippen LogP contribution in [0.3, 0.4) is 0 Å². The van der Waals surface area contributed by atoms with Crippen LogP contribution in [0.2, 0.25) is 0 Å². The van der Waals surface area contributed by atoms with Crippen molar-refractivity contribution in [3.63, 3.8) is 0 Å². The van der Waals surface area contributed by atoms with Crippen LogP contribution in [0.4, 0.5) is 19.0 Å². The lowest BCUT2D eigenvalue weighted by Gasteiger charge is -2.07. The summed E-state index contributed by atoms with van der Waals surface area (Å²) < 4.78 is 35.9. The average molecular weight is 425 g/mol. The number of carboxylic acid groups (broad SMARTS) is 2. The first-order chi connectivity index (χ1) is 13.0. The summed E-state index contributed by atoms with van der Waals surface area (Å²) in [6.45, 7) is -1.28. The topological polar surface area (TPSA) is 171 Å². The van der Waals surface area contributed by atoms with E-state index in [4.69, 9.17) is 21.1 Å². The minimum atomic E-state index is -4.40. The lowest BCUT2D eigenvalue weighted by molar-refractivity contribution is -0.134. The third-order valence-corrected chi connectivity index (χ3v) is 3.17. The molecule has 14 heteroatoms. The Morgan fingerprint density at radius 3 is 2.39 bits per heavy atom. The van der Waals surface area contributed by atoms with Gasteiger partial charge in [-0.25, -0.2) is 24.5 Å². The van der Waals surface area contributed by atoms with Crippen LogP contribution in [0.25, 0.3) is 0 Å². The number of aliphatic hydroxyl groups is 1. The van der Waals surface area contributed by atoms with E-state index in [1.807, 2.05) is 0 Å². The highest BCUT2D eigenvalue weighted by Crippen LogP contribution is 2.16. The number of hydrogen-bond acceptors (Lipinski definition) is 7. The number of carbonyl (C=O) groups is 2. The van der Waals surface area contributed by atoms with E-state index in [1.165, 1.54) is 24.0 Å². The molecule has 1 rings (SSSR count). The first-order valence-electron chi connectivity index (χ1n) is 7.38. The summed E-state index contributed by atoms with van der Waals surface area (Å²) in [5.41, 5.74) is 5.32. The highest BCUT2D eigenvalue weighted by atomic mass is 32.2. The largest absolute Gasteiger partial charge is 0.478 e. The number of guanidine groups is 1. The standard InChI is InChI=1S/C10H14F3N5OS.C4H4O4/c11-10(12,13)6-16-8(14)17-7-2-3-15-9(18-7)20-5-1-4-19;5-3(6)1-2-4(7)8/h2-3,19H,1,4-6H2,(H3,14,15,16,17,18);1-2H,(H,5,6)(H,7,8). The fourth-order valence-corrected chi connectivity index (χ4v) is 1.95. The van der Waals surface area contributed by atoms with Crippen molar-refractivity contribution in [2.24, 2.45) is 10.7 Å². The van der Waals surface area contributed by atoms with Crippen LogP contribution in [-0.4, -0.2) is 68.3 Å². The van der Waals surface area contributed by atoms with E-state index in [0.717, 1.165) is 0 Å². The van der Waals surface area contributed by atoms with Gasteiger partial charge in [0, 0.05) is 30.7 Å². The molecule has 6 N–H and O–H groups in total. The van der Waals surface area contributed by atoms with Crippen molar-refractivity contribution in [1.29, 1.82) is 0 Å². The summed E-state index contributed by atoms with van der Waals surface area (Å²) >= 11 is 1.32. The molecule has 0 atom stereocenters. The Kier molecular flexibility index (Phi) is 12.0. The van der Waals surface area contributed by atoms with Gasteiger partial charge >= 0.3 is 18.1 Å². The zero-order valence-electron chi connectivity index (χ0n) is 14.3. The number of carboxylic acids is 2. The van der Waals surface area contributed by atoms with E-state index < -0.39 is 24.7 Å². The van der Waals surface area contributed by atoms with Gasteiger partial charge in [-0.3, -0.25) is 0 Å². The predicted octanol–water partition coefficient (Wildman–Crippen LogP) is 0.952. The molecule has 0 spiro atoms. The maximum Gasteiger partial charge on any atom is 0.408 e. The number of nitrogens with one attached hydrogen (secondary N) is 1. The number of alkyl halides is 3. The van der Waals surface area contributed by atoms with Gasteiger partial charge in [-0.05, 0) is 12.5 Å². The second kappa shape index (κ2) is 13.3. The van der Waals surface area contributed by atoms with Crippen molar-refractivity contribution in [2.75, 3.05) is 24.2 Å². The van der Waals surface area contributed by atoms with Crippen LogP contribution in [0.1, 0.15) is 6.42 Å². The van der Waals surface area contributed by atoms with Crippen molar-refractivity contribution in [1.82, 2.24) is 9.97 Å². The summed E-state index contributed by atoms with van der Waals surface area (Å²) in [6, 6.07) is 1.46. The van der Waals surface area contributed by atoms with Gasteiger partial charge in [-0.15, -0.1) is 0 Å². The second-order valence-electron chi connectivity index (χ2n) is 4.60. The number of anilines is 1. The zero-order chi connectivity index (χ0) is 21.6. The molecule has 0 unspecified atom stereocenters. The molecule has 0 fully saturated rings. The SMILES string of the molecule is NC(=NCC(F)(F)F)Nc1ccnc(SCCCO)n1.O=C(O)C=CC(=O)O. The fraction of sp³-hybridized carbons (Fsp3) is 0.357. The summed E-state index contributed by atoms with van der Waals surface area (Å²) in [6.07, 6.45) is -1.23. The molecule has 1 aromatic rings. The van der Waals surface area contributed by atoms with Crippen molar-refractivity contribution >= 4 is 35.5 Å². The van der Waals surface area contributed by atoms with Gasteiger partial charge < -0.3 is 26.4 Å². The monoisotopic (exact) mass is 425 g/mol. The minimum Gasteiger partial charge on any atom is -0.478 e. The quantitative estimate of drug-likeness (QED) is 0.101. The molecule has 1 aromatic heterocycles. The van der Waals surface area contributed by atoms with Gasteiger partial charge in [0.1, 0.15) is 12.4 Å². The molecule has 0 bridgehead atoms. The lowest BCUT2D eigenvalue weighted by atomic mass is 10.5. The number of hydrogen-bond donors (Lipinski definition) is 5. The molecule has 0 aliphatic heterocycles. The lowest BCUT2D eigenvalue weighted by Crippen LogP contribution is -2.26. The smallest absolute Gasteiger partial charge is 0.408 e. The zero-order valence-corrected chi connectivity index (χ0v) is 15.1. The molecule has 28 heavy (non-hydrogen) atoms. The van der Waals surface area contributed by atoms with Crippen LogP contribution in [0.15, 0.2) is 34.6 Å². The summed E-state index contributed by atoms with van der Waals surface area (Å²) in [7, 11) is 0. The van der Waals surface area contributed by atoms with Gasteiger partial charge in [0.05, 0.1) is 0 Å². The van der Waals surface area contributed by atoms with Crippen molar-refractivity contribution in [2.45, 2.75) is 17.8 Å². The van der Waals surface area contributed by atoms with Gasteiger partial charge in [0.15, 0.2) is 11.1 Å². The van der Waals surface area contributed by atoms with Crippen LogP contribution >= 0.6 is 11.8 Å². The number of aliphatic imine (C=N–C) groups is 1. The van der Waals surface area contributed by atoms with E-state index in [0.29, 0.717) is 29.5 Å². The third-order valence-electron chi connectivity index (χ3n) is 2.22. The van der Waals surface area contributed by atoms with Crippen molar-refractivity contribution < 1.29 is 38.1 Å². The number of aliphatic carboxylic acids is 2. The molecular formula is C14H18F3N5O5S. The number of aromatic nitrogens is 2. The number of halogens is 3. The van der Waals surface area contributed by atoms with E-state index in [1.54, 1.807) is 0 Å². The van der Waals surface area contributed by atoms with Crippen LogP contribution in [0.5, 0.6) is 0 Å². The number of thioether (sulfide) groups is 1. The molecule has 156 valence electrons. The first-order valence-corrected chi connectivity index (χ1v) is 8.36. The molecule has 0 radical (unpaired) electrons. The summed E-state index contributed by atoms with van der Waals surface area (Å²) in [4.78, 5) is 30.3. The number of nitrogens with zero attached hydrogens (tertiary/aromatic N) is 3. The Labute approximate surface area is 161 Å². The fourth-order valence-electron chi connectivity index (χ4n) is 1.20. The van der Waals surface area contributed by atoms with Crippen LogP contribution < -0.4 is 11.1 Å². The van der Waals surface area contributed by atoms with Crippen LogP contribution in [0, 0.1) is 0 Å². The highest BCUT2D eigenvalue weighted by molar-refractivity contribution is 7.99. The molecule has 0 amide bonds. The number of nitrogens with two attached hydrogens (primary N) is 1. The van der Waals surface area contributed by atoms with Crippen molar-refractivity contribution in [3.05, 3.63) is 24.4 Å². The normalized spacial score (nSPS) is 11.6. The third kappa shape index (κ3) is 15.4. The minimum absolute atomic E-state index is 0.0714. The Hall–Kier alpha value is -2.87. The van der Waals surface area contributed by atoms with E-state index in [9.17, 15) is 22.8 Å². The maximum absolute atomic E-state index is 12.0. The van der Waals surface area contributed by atoms with Gasteiger partial charge in [-0.1, -0.05) is 11.8 Å². The summed E-state index contributed by atoms with van der Waals surface area (Å²) in [5.74, 6) is -1.99. The highest BCUT2D eigenvalue weighted by Gasteiger charge is 2.26. The van der Waals surface area contributed by atoms with Crippen molar-refractivity contribution in [3.8, 4) is 0 Å². The molecule has 0 aliphatic rings. The Morgan fingerprint density at radius 2 is 1.89 bits per heavy atom. The van der Waals surface area contributed by atoms with Gasteiger partial charge in [0.25, 0.3) is 0 Å².